The first-order valence-electron chi connectivity index (χ1n) is 8.70. The molecule has 2 heterocycles. The maximum absolute atomic E-state index is 13.0. The quantitative estimate of drug-likeness (QED) is 0.754. The lowest BCUT2D eigenvalue weighted by atomic mass is 9.93. The molecule has 0 radical (unpaired) electrons. The Morgan fingerprint density at radius 1 is 1.27 bits per heavy atom. The van der Waals surface area contributed by atoms with Crippen LogP contribution in [0.25, 0.3) is 11.0 Å². The molecule has 0 aliphatic carbocycles. The lowest BCUT2D eigenvalue weighted by Crippen LogP contribution is -2.56. The molecule has 3 aromatic rings. The van der Waals surface area contributed by atoms with Crippen molar-refractivity contribution in [1.82, 2.24) is 14.9 Å². The van der Waals surface area contributed by atoms with Crippen molar-refractivity contribution in [2.24, 2.45) is 0 Å². The van der Waals surface area contributed by atoms with Gasteiger partial charge in [0.1, 0.15) is 5.60 Å². The van der Waals surface area contributed by atoms with Crippen molar-refractivity contribution < 1.29 is 14.6 Å². The highest BCUT2D eigenvalue weighted by atomic mass is 16.5. The van der Waals surface area contributed by atoms with E-state index >= 15 is 0 Å². The Hall–Kier alpha value is -2.70. The molecular weight excluding hydrogens is 330 g/mol. The highest BCUT2D eigenvalue weighted by Gasteiger charge is 2.38. The topological polar surface area (TPSA) is 78.5 Å². The number of aliphatic hydroxyl groups excluding tert-OH is 1. The normalized spacial score (nSPS) is 20.4. The van der Waals surface area contributed by atoms with Crippen molar-refractivity contribution in [2.45, 2.75) is 12.0 Å². The smallest absolute Gasteiger partial charge is 0.254 e. The van der Waals surface area contributed by atoms with E-state index in [0.29, 0.717) is 31.7 Å². The van der Waals surface area contributed by atoms with Gasteiger partial charge < -0.3 is 19.7 Å². The van der Waals surface area contributed by atoms with Crippen LogP contribution in [-0.4, -0.2) is 57.8 Å². The minimum absolute atomic E-state index is 0.0595. The fourth-order valence-corrected chi connectivity index (χ4v) is 3.50. The molecule has 6 nitrogen and oxygen atoms in total. The van der Waals surface area contributed by atoms with Gasteiger partial charge in [0.15, 0.2) is 0 Å². The minimum atomic E-state index is -0.770. The maximum Gasteiger partial charge on any atom is 0.254 e. The summed E-state index contributed by atoms with van der Waals surface area (Å²) in [6, 6.07) is 15.3. The van der Waals surface area contributed by atoms with E-state index in [4.69, 9.17) is 4.74 Å². The highest BCUT2D eigenvalue weighted by Crippen LogP contribution is 2.24. The molecule has 0 saturated carbocycles. The molecule has 2 N–H and O–H groups in total. The van der Waals surface area contributed by atoms with E-state index in [2.05, 4.69) is 9.97 Å². The van der Waals surface area contributed by atoms with Crippen molar-refractivity contribution in [3.63, 3.8) is 0 Å². The second-order valence-electron chi connectivity index (χ2n) is 6.71. The SMILES string of the molecule is O=C(c1ccc2nc[nH]c2c1)N1CCO[C@](CO)(Cc2ccccc2)C1. The van der Waals surface area contributed by atoms with Crippen LogP contribution in [0.2, 0.25) is 0 Å². The van der Waals surface area contributed by atoms with Crippen LogP contribution in [0.4, 0.5) is 0 Å². The highest BCUT2D eigenvalue weighted by molar-refractivity contribution is 5.97. The monoisotopic (exact) mass is 351 g/mol. The number of carbonyl (C=O) groups is 1. The largest absolute Gasteiger partial charge is 0.393 e. The number of imidazole rings is 1. The van der Waals surface area contributed by atoms with Gasteiger partial charge in [0.2, 0.25) is 0 Å². The van der Waals surface area contributed by atoms with Crippen molar-refractivity contribution in [2.75, 3.05) is 26.3 Å². The number of hydrogen-bond acceptors (Lipinski definition) is 4. The number of rotatable bonds is 4. The van der Waals surface area contributed by atoms with Gasteiger partial charge in [-0.25, -0.2) is 4.98 Å². The summed E-state index contributed by atoms with van der Waals surface area (Å²) in [4.78, 5) is 22.0. The summed E-state index contributed by atoms with van der Waals surface area (Å²) in [5, 5.41) is 10.0. The van der Waals surface area contributed by atoms with Crippen LogP contribution in [0.1, 0.15) is 15.9 Å². The summed E-state index contributed by atoms with van der Waals surface area (Å²) in [6.07, 6.45) is 2.18. The average molecular weight is 351 g/mol. The fourth-order valence-electron chi connectivity index (χ4n) is 3.50. The van der Waals surface area contributed by atoms with Crippen LogP contribution in [0.15, 0.2) is 54.9 Å². The zero-order valence-corrected chi connectivity index (χ0v) is 14.4. The van der Waals surface area contributed by atoms with E-state index in [1.54, 1.807) is 17.3 Å². The number of ether oxygens (including phenoxy) is 1. The number of morpholine rings is 1. The average Bonchev–Trinajstić information content (AvgIpc) is 3.16. The number of nitrogens with one attached hydrogen (secondary N) is 1. The molecule has 6 heteroatoms. The van der Waals surface area contributed by atoms with Crippen LogP contribution in [0.5, 0.6) is 0 Å². The van der Waals surface area contributed by atoms with Crippen molar-refractivity contribution in [3.8, 4) is 0 Å². The molecule has 0 bridgehead atoms. The molecule has 2 aromatic carbocycles. The summed E-state index contributed by atoms with van der Waals surface area (Å²) in [5.74, 6) is -0.0595. The summed E-state index contributed by atoms with van der Waals surface area (Å²) < 4.78 is 5.93. The van der Waals surface area contributed by atoms with Gasteiger partial charge in [-0.2, -0.15) is 0 Å². The summed E-state index contributed by atoms with van der Waals surface area (Å²) in [6.45, 7) is 1.14. The van der Waals surface area contributed by atoms with Crippen LogP contribution in [0, 0.1) is 0 Å². The van der Waals surface area contributed by atoms with E-state index < -0.39 is 5.60 Å². The number of benzene rings is 2. The summed E-state index contributed by atoms with van der Waals surface area (Å²) >= 11 is 0. The lowest BCUT2D eigenvalue weighted by molar-refractivity contribution is -0.123. The molecule has 1 amide bonds. The minimum Gasteiger partial charge on any atom is -0.393 e. The maximum atomic E-state index is 13.0. The predicted molar refractivity (Wildman–Crippen MR) is 97.9 cm³/mol. The molecular formula is C20H21N3O3. The number of fused-ring (bicyclic) bond motifs is 1. The van der Waals surface area contributed by atoms with Gasteiger partial charge in [0.25, 0.3) is 5.91 Å². The molecule has 1 saturated heterocycles. The van der Waals surface area contributed by atoms with Crippen molar-refractivity contribution >= 4 is 16.9 Å². The molecule has 134 valence electrons. The zero-order valence-electron chi connectivity index (χ0n) is 14.4. The molecule has 1 aromatic heterocycles. The number of aromatic nitrogens is 2. The third-order valence-electron chi connectivity index (χ3n) is 4.86. The van der Waals surface area contributed by atoms with Crippen LogP contribution < -0.4 is 0 Å². The van der Waals surface area contributed by atoms with E-state index in [9.17, 15) is 9.90 Å². The molecule has 4 rings (SSSR count). The van der Waals surface area contributed by atoms with Crippen LogP contribution in [0.3, 0.4) is 0 Å². The Labute approximate surface area is 151 Å². The Morgan fingerprint density at radius 3 is 2.92 bits per heavy atom. The van der Waals surface area contributed by atoms with Gasteiger partial charge in [-0.1, -0.05) is 30.3 Å². The molecule has 1 atom stereocenters. The van der Waals surface area contributed by atoms with Crippen molar-refractivity contribution in [1.29, 1.82) is 0 Å². The number of nitrogens with zero attached hydrogens (tertiary/aromatic N) is 2. The van der Waals surface area contributed by atoms with Gasteiger partial charge >= 0.3 is 0 Å². The van der Waals surface area contributed by atoms with E-state index in [-0.39, 0.29) is 12.5 Å². The number of hydrogen-bond donors (Lipinski definition) is 2. The van der Waals surface area contributed by atoms with Gasteiger partial charge in [0.05, 0.1) is 37.1 Å². The van der Waals surface area contributed by atoms with Gasteiger partial charge in [-0.05, 0) is 23.8 Å². The number of aromatic amines is 1. The molecule has 26 heavy (non-hydrogen) atoms. The predicted octanol–water partition coefficient (Wildman–Crippen LogP) is 2.01. The lowest BCUT2D eigenvalue weighted by Gasteiger charge is -2.42. The Morgan fingerprint density at radius 2 is 2.12 bits per heavy atom. The second kappa shape index (κ2) is 6.90. The fraction of sp³-hybridized carbons (Fsp3) is 0.300. The van der Waals surface area contributed by atoms with Gasteiger partial charge in [0, 0.05) is 18.5 Å². The van der Waals surface area contributed by atoms with Crippen LogP contribution >= 0.6 is 0 Å². The Kier molecular flexibility index (Phi) is 4.44. The first kappa shape index (κ1) is 16.8. The van der Waals surface area contributed by atoms with E-state index in [0.717, 1.165) is 16.6 Å². The second-order valence-corrected chi connectivity index (χ2v) is 6.71. The number of carbonyl (C=O) groups excluding carboxylic acids is 1. The summed E-state index contributed by atoms with van der Waals surface area (Å²) in [7, 11) is 0. The van der Waals surface area contributed by atoms with E-state index in [1.807, 2.05) is 42.5 Å². The third kappa shape index (κ3) is 3.21. The molecule has 0 unspecified atom stereocenters. The van der Waals surface area contributed by atoms with E-state index in [1.165, 1.54) is 0 Å². The van der Waals surface area contributed by atoms with Crippen LogP contribution in [-0.2, 0) is 11.2 Å². The molecule has 1 fully saturated rings. The standard InChI is InChI=1S/C20H21N3O3/c24-13-20(11-15-4-2-1-3-5-15)12-23(8-9-26-20)19(25)16-6-7-17-18(10-16)22-14-21-17/h1-7,10,14,24H,8-9,11-13H2,(H,21,22)/t20-/m1/s1. The molecule has 0 spiro atoms. The van der Waals surface area contributed by atoms with Gasteiger partial charge in [-0.3, -0.25) is 4.79 Å². The Bertz CT molecular complexity index is 909. The molecule has 1 aliphatic heterocycles. The Balaban J connectivity index is 1.55. The first-order chi connectivity index (χ1) is 12.7. The van der Waals surface area contributed by atoms with Crippen molar-refractivity contribution in [3.05, 3.63) is 66.0 Å². The molecule has 1 aliphatic rings. The van der Waals surface area contributed by atoms with Gasteiger partial charge in [-0.15, -0.1) is 0 Å². The zero-order chi connectivity index (χ0) is 18.0. The number of H-pyrrole nitrogens is 1. The number of aliphatic hydroxyl groups is 1. The third-order valence-corrected chi connectivity index (χ3v) is 4.86. The first-order valence-corrected chi connectivity index (χ1v) is 8.70. The summed E-state index contributed by atoms with van der Waals surface area (Å²) in [5.41, 5.74) is 2.58. The number of amides is 1.